The monoisotopic (exact) mass is 683 g/mol. The van der Waals surface area contributed by atoms with Gasteiger partial charge in [0.2, 0.25) is 5.75 Å². The lowest BCUT2D eigenvalue weighted by molar-refractivity contribution is -0.385. The number of aromatic nitrogens is 2. The van der Waals surface area contributed by atoms with Gasteiger partial charge in [0.1, 0.15) is 5.82 Å². The maximum absolute atomic E-state index is 13.5. The molecule has 0 aliphatic rings. The summed E-state index contributed by atoms with van der Waals surface area (Å²) < 4.78 is 60.2. The highest BCUT2D eigenvalue weighted by molar-refractivity contribution is 9.10. The highest BCUT2D eigenvalue weighted by atomic mass is 79.9. The number of benzene rings is 4. The van der Waals surface area contributed by atoms with E-state index in [4.69, 9.17) is 4.74 Å². The van der Waals surface area contributed by atoms with Crippen LogP contribution in [0.4, 0.5) is 28.9 Å². The molecule has 5 aromatic rings. The number of nitro benzene ring substituents is 1. The Bertz CT molecular complexity index is 2030. The van der Waals surface area contributed by atoms with Crippen molar-refractivity contribution in [2.75, 3.05) is 11.9 Å². The minimum absolute atomic E-state index is 0.0549. The number of nitro groups is 1. The molecule has 0 saturated heterocycles. The van der Waals surface area contributed by atoms with Gasteiger partial charge in [-0.2, -0.15) is 22.9 Å². The van der Waals surface area contributed by atoms with Gasteiger partial charge in [-0.05, 0) is 54.6 Å². The standard InChI is InChI=1S/C30H18BrF4N5O5/c31-20-13-18(27(25(14-20)40(43)44)45-16-26(41)37-22-10-8-21(32)9-11-22)15-36-39-28(17-4-3-5-19(12-17)30(33,34)35)38-24-7-2-1-6-23(24)29(39)42/h1-15H,16H2,(H,37,41). The van der Waals surface area contributed by atoms with Gasteiger partial charge in [0.15, 0.2) is 12.4 Å². The fourth-order valence-corrected chi connectivity index (χ4v) is 4.69. The Balaban J connectivity index is 1.58. The van der Waals surface area contributed by atoms with Crippen LogP contribution in [0.2, 0.25) is 0 Å². The van der Waals surface area contributed by atoms with Gasteiger partial charge < -0.3 is 10.1 Å². The number of rotatable bonds is 8. The smallest absolute Gasteiger partial charge is 0.416 e. The van der Waals surface area contributed by atoms with E-state index in [0.717, 1.165) is 47.3 Å². The maximum atomic E-state index is 13.5. The van der Waals surface area contributed by atoms with Gasteiger partial charge in [-0.15, -0.1) is 0 Å². The zero-order chi connectivity index (χ0) is 32.3. The molecule has 10 nitrogen and oxygen atoms in total. The largest absolute Gasteiger partial charge is 0.476 e. The summed E-state index contributed by atoms with van der Waals surface area (Å²) in [7, 11) is 0. The molecule has 1 aromatic heterocycles. The van der Waals surface area contributed by atoms with Crippen LogP contribution in [0, 0.1) is 15.9 Å². The first-order valence-electron chi connectivity index (χ1n) is 12.8. The first-order chi connectivity index (χ1) is 21.4. The molecule has 1 N–H and O–H groups in total. The minimum atomic E-state index is -4.67. The number of para-hydroxylation sites is 1. The second kappa shape index (κ2) is 12.7. The lowest BCUT2D eigenvalue weighted by Gasteiger charge is -2.13. The summed E-state index contributed by atoms with van der Waals surface area (Å²) in [6, 6.07) is 17.7. The molecule has 5 rings (SSSR count). The molecule has 0 fully saturated rings. The van der Waals surface area contributed by atoms with Gasteiger partial charge in [0.05, 0.1) is 27.6 Å². The van der Waals surface area contributed by atoms with Crippen LogP contribution in [-0.4, -0.2) is 33.3 Å². The molecule has 0 aliphatic heterocycles. The number of fused-ring (bicyclic) bond motifs is 1. The number of nitrogens with one attached hydrogen (secondary N) is 1. The Morgan fingerprint density at radius 3 is 2.51 bits per heavy atom. The summed E-state index contributed by atoms with van der Waals surface area (Å²) in [6.45, 7) is -0.701. The van der Waals surface area contributed by atoms with E-state index in [1.54, 1.807) is 12.1 Å². The average Bonchev–Trinajstić information content (AvgIpc) is 3.00. The van der Waals surface area contributed by atoms with Crippen LogP contribution in [0.3, 0.4) is 0 Å². The van der Waals surface area contributed by atoms with E-state index in [1.807, 2.05) is 0 Å². The zero-order valence-corrected chi connectivity index (χ0v) is 24.2. The third-order valence-electron chi connectivity index (χ3n) is 6.25. The zero-order valence-electron chi connectivity index (χ0n) is 22.6. The van der Waals surface area contributed by atoms with Crippen LogP contribution < -0.4 is 15.6 Å². The highest BCUT2D eigenvalue weighted by Crippen LogP contribution is 2.35. The van der Waals surface area contributed by atoms with Crippen LogP contribution in [0.1, 0.15) is 11.1 Å². The summed E-state index contributed by atoms with van der Waals surface area (Å²) in [6.07, 6.45) is -3.65. The first-order valence-corrected chi connectivity index (χ1v) is 13.6. The number of halogens is 5. The third kappa shape index (κ3) is 7.04. The van der Waals surface area contributed by atoms with E-state index in [-0.39, 0.29) is 43.8 Å². The maximum Gasteiger partial charge on any atom is 0.416 e. The fraction of sp³-hybridized carbons (Fsp3) is 0.0667. The summed E-state index contributed by atoms with van der Waals surface area (Å²) >= 11 is 3.18. The number of anilines is 1. The second-order valence-electron chi connectivity index (χ2n) is 9.34. The molecule has 0 radical (unpaired) electrons. The van der Waals surface area contributed by atoms with E-state index >= 15 is 0 Å². The molecule has 15 heteroatoms. The average molecular weight is 684 g/mol. The van der Waals surface area contributed by atoms with Gasteiger partial charge in [-0.1, -0.05) is 40.2 Å². The highest BCUT2D eigenvalue weighted by Gasteiger charge is 2.31. The Kier molecular flexibility index (Phi) is 8.72. The van der Waals surface area contributed by atoms with E-state index in [1.165, 1.54) is 36.4 Å². The van der Waals surface area contributed by atoms with Crippen molar-refractivity contribution in [3.05, 3.63) is 127 Å². The van der Waals surface area contributed by atoms with Gasteiger partial charge in [0.25, 0.3) is 11.5 Å². The Morgan fingerprint density at radius 2 is 1.80 bits per heavy atom. The van der Waals surface area contributed by atoms with E-state index in [2.05, 4.69) is 31.3 Å². The molecule has 4 aromatic carbocycles. The molecule has 0 unspecified atom stereocenters. The first kappa shape index (κ1) is 31.0. The number of hydrogen-bond donors (Lipinski definition) is 1. The van der Waals surface area contributed by atoms with Gasteiger partial charge >= 0.3 is 11.9 Å². The number of nitrogens with zero attached hydrogens (tertiary/aromatic N) is 4. The Morgan fingerprint density at radius 1 is 1.07 bits per heavy atom. The predicted octanol–water partition coefficient (Wildman–Crippen LogP) is 6.79. The molecular weight excluding hydrogens is 666 g/mol. The number of ether oxygens (including phenoxy) is 1. The molecule has 1 amide bonds. The summed E-state index contributed by atoms with van der Waals surface area (Å²) in [5.74, 6) is -1.85. The quantitative estimate of drug-likeness (QED) is 0.0830. The topological polar surface area (TPSA) is 129 Å². The number of carbonyl (C=O) groups is 1. The van der Waals surface area contributed by atoms with E-state index in [0.29, 0.717) is 0 Å². The van der Waals surface area contributed by atoms with Gasteiger partial charge in [-0.25, -0.2) is 9.37 Å². The molecule has 0 saturated carbocycles. The van der Waals surface area contributed by atoms with Gasteiger partial charge in [-0.3, -0.25) is 19.7 Å². The normalized spacial score (nSPS) is 11.6. The predicted molar refractivity (Wildman–Crippen MR) is 161 cm³/mol. The van der Waals surface area contributed by atoms with Crippen molar-refractivity contribution in [1.82, 2.24) is 9.66 Å². The number of amides is 1. The van der Waals surface area contributed by atoms with Crippen LogP contribution >= 0.6 is 15.9 Å². The molecule has 0 atom stereocenters. The lowest BCUT2D eigenvalue weighted by Crippen LogP contribution is -2.21. The van der Waals surface area contributed by atoms with Crippen LogP contribution in [0.25, 0.3) is 22.3 Å². The molecule has 0 bridgehead atoms. The second-order valence-corrected chi connectivity index (χ2v) is 10.3. The number of carbonyl (C=O) groups excluding carboxylic acids is 1. The summed E-state index contributed by atoms with van der Waals surface area (Å²) in [5, 5.41) is 18.6. The molecule has 0 aliphatic carbocycles. The van der Waals surface area contributed by atoms with E-state index in [9.17, 15) is 37.3 Å². The Hall–Kier alpha value is -5.44. The summed E-state index contributed by atoms with van der Waals surface area (Å²) in [5.41, 5.74) is -1.93. The molecular formula is C30H18BrF4N5O5. The van der Waals surface area contributed by atoms with Gasteiger partial charge in [0, 0.05) is 27.4 Å². The van der Waals surface area contributed by atoms with Crippen molar-refractivity contribution in [2.24, 2.45) is 5.10 Å². The van der Waals surface area contributed by atoms with Crippen LogP contribution in [-0.2, 0) is 11.0 Å². The molecule has 0 spiro atoms. The van der Waals surface area contributed by atoms with Crippen molar-refractivity contribution in [3.8, 4) is 17.1 Å². The van der Waals surface area contributed by atoms with E-state index < -0.39 is 46.2 Å². The van der Waals surface area contributed by atoms with Crippen LogP contribution in [0.15, 0.2) is 99.3 Å². The lowest BCUT2D eigenvalue weighted by atomic mass is 10.1. The third-order valence-corrected chi connectivity index (χ3v) is 6.71. The number of hydrogen-bond acceptors (Lipinski definition) is 7. The SMILES string of the molecule is O=C(COc1c(C=Nn2c(-c3cccc(C(F)(F)F)c3)nc3ccccc3c2=O)cc(Br)cc1[N+](=O)[O-])Nc1ccc(F)cc1. The van der Waals surface area contributed by atoms with Crippen molar-refractivity contribution in [2.45, 2.75) is 6.18 Å². The van der Waals surface area contributed by atoms with Crippen molar-refractivity contribution < 1.29 is 32.0 Å². The van der Waals surface area contributed by atoms with Crippen molar-refractivity contribution in [3.63, 3.8) is 0 Å². The number of alkyl halides is 3. The Labute approximate surface area is 258 Å². The summed E-state index contributed by atoms with van der Waals surface area (Å²) in [4.78, 5) is 41.5. The van der Waals surface area contributed by atoms with Crippen LogP contribution in [0.5, 0.6) is 5.75 Å². The van der Waals surface area contributed by atoms with Crippen molar-refractivity contribution in [1.29, 1.82) is 0 Å². The molecule has 1 heterocycles. The minimum Gasteiger partial charge on any atom is -0.476 e. The molecule has 228 valence electrons. The van der Waals surface area contributed by atoms with Crippen molar-refractivity contribution >= 4 is 50.3 Å². The molecule has 45 heavy (non-hydrogen) atoms. The fourth-order valence-electron chi connectivity index (χ4n) is 4.23.